The number of rotatable bonds is 7. The van der Waals surface area contributed by atoms with E-state index in [4.69, 9.17) is 22.1 Å². The zero-order valence-electron chi connectivity index (χ0n) is 20.9. The van der Waals surface area contributed by atoms with Crippen LogP contribution in [0.4, 0.5) is 14.6 Å². The monoisotopic (exact) mass is 554 g/mol. The van der Waals surface area contributed by atoms with Crippen LogP contribution in [0.3, 0.4) is 0 Å². The fourth-order valence-corrected chi connectivity index (χ4v) is 4.89. The number of nitrogens with zero attached hydrogens (tertiary/aromatic N) is 3. The van der Waals surface area contributed by atoms with Crippen LogP contribution in [0.15, 0.2) is 42.7 Å². The number of nitrogens with two attached hydrogens (primary N) is 1. The molecule has 2 aromatic carbocycles. The van der Waals surface area contributed by atoms with Gasteiger partial charge in [-0.2, -0.15) is 0 Å². The summed E-state index contributed by atoms with van der Waals surface area (Å²) in [5.74, 6) is -2.79. The molecule has 0 bridgehead atoms. The van der Waals surface area contributed by atoms with E-state index in [1.165, 1.54) is 13.1 Å². The number of hydrogen-bond acceptors (Lipinski definition) is 7. The molecule has 3 heterocycles. The fourth-order valence-electron chi connectivity index (χ4n) is 4.69. The SMILES string of the molecule is CC(=O)N[C@H]1CCN(Cc2c[nH]c3ccc(-c4cnc(N)c(C(=O)OCc5c(F)ccc(F)c5Cl)n4)cc23)C1. The summed E-state index contributed by atoms with van der Waals surface area (Å²) in [6, 6.07) is 7.61. The van der Waals surface area contributed by atoms with E-state index >= 15 is 0 Å². The van der Waals surface area contributed by atoms with Gasteiger partial charge < -0.3 is 20.8 Å². The lowest BCUT2D eigenvalue weighted by Gasteiger charge is -2.16. The number of ether oxygens (including phenoxy) is 1. The Kier molecular flexibility index (Phi) is 7.45. The predicted molar refractivity (Wildman–Crippen MR) is 142 cm³/mol. The average Bonchev–Trinajstić information content (AvgIpc) is 3.52. The topological polar surface area (TPSA) is 126 Å². The van der Waals surface area contributed by atoms with Crippen molar-refractivity contribution in [2.24, 2.45) is 0 Å². The molecule has 4 aromatic rings. The van der Waals surface area contributed by atoms with E-state index in [0.717, 1.165) is 48.1 Å². The van der Waals surface area contributed by atoms with Crippen LogP contribution in [0.5, 0.6) is 0 Å². The number of fused-ring (bicyclic) bond motifs is 1. The molecule has 1 amide bonds. The minimum atomic E-state index is -0.951. The van der Waals surface area contributed by atoms with Crippen LogP contribution < -0.4 is 11.1 Å². The molecule has 5 rings (SSSR count). The smallest absolute Gasteiger partial charge is 0.361 e. The van der Waals surface area contributed by atoms with Gasteiger partial charge in [-0.05, 0) is 36.2 Å². The summed E-state index contributed by atoms with van der Waals surface area (Å²) in [5, 5.41) is 3.48. The Morgan fingerprint density at radius 3 is 2.85 bits per heavy atom. The van der Waals surface area contributed by atoms with Gasteiger partial charge in [0, 0.05) is 60.8 Å². The number of aromatic nitrogens is 3. The second kappa shape index (κ2) is 11.0. The Hall–Kier alpha value is -4.09. The van der Waals surface area contributed by atoms with Crippen molar-refractivity contribution in [2.45, 2.75) is 32.5 Å². The van der Waals surface area contributed by atoms with Crippen LogP contribution in [0.2, 0.25) is 5.02 Å². The molecule has 39 heavy (non-hydrogen) atoms. The number of benzene rings is 2. The van der Waals surface area contributed by atoms with Gasteiger partial charge >= 0.3 is 5.97 Å². The number of H-pyrrole nitrogens is 1. The Morgan fingerprint density at radius 1 is 1.26 bits per heavy atom. The third-order valence-electron chi connectivity index (χ3n) is 6.62. The first-order valence-corrected chi connectivity index (χ1v) is 12.6. The standard InChI is InChI=1S/C27H25ClF2N6O3/c1-14(37)34-17-6-7-36(12-17)11-16-9-32-22-5-2-15(8-18(16)22)23-10-33-26(31)25(35-23)27(38)39-13-19-20(29)3-4-21(30)24(19)28/h2-5,8-10,17,32H,6-7,11-13H2,1H3,(H2,31,33)(H,34,37)/t17-/m0/s1. The zero-order chi connectivity index (χ0) is 27.7. The molecule has 2 aromatic heterocycles. The molecule has 202 valence electrons. The minimum absolute atomic E-state index is 0.0311. The number of amides is 1. The van der Waals surface area contributed by atoms with Crippen molar-refractivity contribution in [2.75, 3.05) is 18.8 Å². The van der Waals surface area contributed by atoms with E-state index in [-0.39, 0.29) is 29.0 Å². The number of aromatic amines is 1. The minimum Gasteiger partial charge on any atom is -0.456 e. The number of nitrogen functional groups attached to an aromatic ring is 1. The van der Waals surface area contributed by atoms with Gasteiger partial charge in [-0.3, -0.25) is 9.69 Å². The maximum Gasteiger partial charge on any atom is 0.361 e. The largest absolute Gasteiger partial charge is 0.456 e. The molecule has 0 spiro atoms. The normalized spacial score (nSPS) is 15.5. The Balaban J connectivity index is 1.35. The van der Waals surface area contributed by atoms with Crippen LogP contribution in [0, 0.1) is 11.6 Å². The van der Waals surface area contributed by atoms with Crippen LogP contribution in [-0.4, -0.2) is 50.9 Å². The fraction of sp³-hybridized carbons (Fsp3) is 0.259. The highest BCUT2D eigenvalue weighted by Crippen LogP contribution is 2.28. The van der Waals surface area contributed by atoms with E-state index in [2.05, 4.69) is 25.2 Å². The summed E-state index contributed by atoms with van der Waals surface area (Å²) in [4.78, 5) is 38.1. The number of esters is 1. The van der Waals surface area contributed by atoms with E-state index in [1.54, 1.807) is 0 Å². The number of halogens is 3. The van der Waals surface area contributed by atoms with Gasteiger partial charge in [-0.25, -0.2) is 23.5 Å². The number of likely N-dealkylation sites (tertiary alicyclic amines) is 1. The molecule has 1 aliphatic rings. The lowest BCUT2D eigenvalue weighted by molar-refractivity contribution is -0.119. The molecular formula is C27H25ClF2N6O3. The molecule has 1 saturated heterocycles. The van der Waals surface area contributed by atoms with Gasteiger partial charge in [0.1, 0.15) is 18.2 Å². The quantitative estimate of drug-likeness (QED) is 0.231. The third kappa shape index (κ3) is 5.69. The molecule has 1 atom stereocenters. The van der Waals surface area contributed by atoms with Crippen LogP contribution in [0.1, 0.15) is 35.0 Å². The highest BCUT2D eigenvalue weighted by atomic mass is 35.5. The van der Waals surface area contributed by atoms with Crippen molar-refractivity contribution in [3.8, 4) is 11.3 Å². The molecule has 0 aliphatic carbocycles. The number of anilines is 1. The van der Waals surface area contributed by atoms with Crippen LogP contribution in [-0.2, 0) is 22.7 Å². The highest BCUT2D eigenvalue weighted by Gasteiger charge is 2.24. The summed E-state index contributed by atoms with van der Waals surface area (Å²) in [6.07, 6.45) is 4.29. The maximum atomic E-state index is 14.1. The summed E-state index contributed by atoms with van der Waals surface area (Å²) in [7, 11) is 0. The predicted octanol–water partition coefficient (Wildman–Crippen LogP) is 4.21. The average molecular weight is 555 g/mol. The summed E-state index contributed by atoms with van der Waals surface area (Å²) in [6.45, 7) is 3.26. The number of carbonyl (C=O) groups is 2. The van der Waals surface area contributed by atoms with Crippen LogP contribution in [0.25, 0.3) is 22.2 Å². The number of hydrogen-bond donors (Lipinski definition) is 3. The van der Waals surface area contributed by atoms with Crippen molar-refractivity contribution in [3.63, 3.8) is 0 Å². The molecule has 0 saturated carbocycles. The second-order valence-corrected chi connectivity index (χ2v) is 9.76. The van der Waals surface area contributed by atoms with E-state index < -0.39 is 29.2 Å². The number of nitrogens with one attached hydrogen (secondary N) is 2. The van der Waals surface area contributed by atoms with Crippen molar-refractivity contribution < 1.29 is 23.1 Å². The second-order valence-electron chi connectivity index (χ2n) is 9.38. The Morgan fingerprint density at radius 2 is 2.05 bits per heavy atom. The first-order valence-electron chi connectivity index (χ1n) is 12.2. The van der Waals surface area contributed by atoms with Crippen molar-refractivity contribution >= 4 is 40.2 Å². The molecule has 1 fully saturated rings. The lowest BCUT2D eigenvalue weighted by Crippen LogP contribution is -2.35. The molecular weight excluding hydrogens is 530 g/mol. The van der Waals surface area contributed by atoms with Crippen molar-refractivity contribution in [3.05, 3.63) is 76.2 Å². The van der Waals surface area contributed by atoms with Gasteiger partial charge in [0.25, 0.3) is 0 Å². The van der Waals surface area contributed by atoms with Gasteiger partial charge in [0.05, 0.1) is 16.9 Å². The summed E-state index contributed by atoms with van der Waals surface area (Å²) in [5.41, 5.74) is 8.42. The van der Waals surface area contributed by atoms with E-state index in [1.807, 2.05) is 24.4 Å². The van der Waals surface area contributed by atoms with Gasteiger partial charge in [-0.1, -0.05) is 17.7 Å². The Bertz CT molecular complexity index is 1580. The first kappa shape index (κ1) is 26.5. The first-order chi connectivity index (χ1) is 18.7. The molecule has 9 nitrogen and oxygen atoms in total. The maximum absolute atomic E-state index is 14.1. The van der Waals surface area contributed by atoms with Gasteiger partial charge in [0.15, 0.2) is 11.5 Å². The lowest BCUT2D eigenvalue weighted by atomic mass is 10.1. The van der Waals surface area contributed by atoms with Crippen LogP contribution >= 0.6 is 11.6 Å². The molecule has 0 unspecified atom stereocenters. The van der Waals surface area contributed by atoms with Gasteiger partial charge in [-0.15, -0.1) is 0 Å². The highest BCUT2D eigenvalue weighted by molar-refractivity contribution is 6.31. The molecule has 4 N–H and O–H groups in total. The van der Waals surface area contributed by atoms with Gasteiger partial charge in [0.2, 0.25) is 5.91 Å². The molecule has 12 heteroatoms. The third-order valence-corrected chi connectivity index (χ3v) is 7.03. The van der Waals surface area contributed by atoms with E-state index in [0.29, 0.717) is 17.8 Å². The molecule has 0 radical (unpaired) electrons. The summed E-state index contributed by atoms with van der Waals surface area (Å²) < 4.78 is 32.9. The van der Waals surface area contributed by atoms with Crippen molar-refractivity contribution in [1.29, 1.82) is 0 Å². The Labute approximate surface area is 227 Å². The zero-order valence-corrected chi connectivity index (χ0v) is 21.7. The summed E-state index contributed by atoms with van der Waals surface area (Å²) >= 11 is 5.81. The number of carbonyl (C=O) groups excluding carboxylic acids is 2. The van der Waals surface area contributed by atoms with E-state index in [9.17, 15) is 18.4 Å². The molecule has 1 aliphatic heterocycles. The van der Waals surface area contributed by atoms with Crippen molar-refractivity contribution in [1.82, 2.24) is 25.2 Å².